The highest BCUT2D eigenvalue weighted by molar-refractivity contribution is 7.12. The molecule has 3 heteroatoms. The summed E-state index contributed by atoms with van der Waals surface area (Å²) in [6.07, 6.45) is 2.86. The summed E-state index contributed by atoms with van der Waals surface area (Å²) in [5, 5.41) is 10.2. The van der Waals surface area contributed by atoms with Crippen molar-refractivity contribution in [3.05, 3.63) is 51.5 Å². The van der Waals surface area contributed by atoms with E-state index in [1.807, 2.05) is 25.1 Å². The van der Waals surface area contributed by atoms with Crippen LogP contribution in [0.4, 0.5) is 0 Å². The van der Waals surface area contributed by atoms with Gasteiger partial charge in [0.05, 0.1) is 0 Å². The molecule has 15 heavy (non-hydrogen) atoms. The average molecular weight is 219 g/mol. The van der Waals surface area contributed by atoms with Crippen LogP contribution in [0.3, 0.4) is 0 Å². The molecule has 0 aromatic carbocycles. The number of hydrogen-bond acceptors (Lipinski definition) is 3. The molecule has 0 amide bonds. The molecular weight excluding hydrogens is 206 g/mol. The van der Waals surface area contributed by atoms with Gasteiger partial charge in [0.15, 0.2) is 0 Å². The van der Waals surface area contributed by atoms with E-state index in [0.29, 0.717) is 0 Å². The van der Waals surface area contributed by atoms with Crippen molar-refractivity contribution in [3.8, 4) is 0 Å². The van der Waals surface area contributed by atoms with E-state index in [9.17, 15) is 5.11 Å². The molecule has 0 bridgehead atoms. The summed E-state index contributed by atoms with van der Waals surface area (Å²) in [5.41, 5.74) is 1.84. The maximum atomic E-state index is 10.2. The Kier molecular flexibility index (Phi) is 2.84. The normalized spacial score (nSPS) is 12.7. The molecule has 2 heterocycles. The van der Waals surface area contributed by atoms with Gasteiger partial charge in [0.2, 0.25) is 0 Å². The van der Waals surface area contributed by atoms with Gasteiger partial charge in [-0.2, -0.15) is 0 Å². The Labute approximate surface area is 93.2 Å². The molecule has 1 N–H and O–H groups in total. The lowest BCUT2D eigenvalue weighted by Crippen LogP contribution is -1.99. The predicted molar refractivity (Wildman–Crippen MR) is 62.1 cm³/mol. The fraction of sp³-hybridized carbons (Fsp3) is 0.250. The molecule has 2 aromatic rings. The summed E-state index contributed by atoms with van der Waals surface area (Å²) in [5.74, 6) is 0. The van der Waals surface area contributed by atoms with E-state index in [0.717, 1.165) is 11.1 Å². The third-order valence-corrected chi connectivity index (χ3v) is 3.36. The van der Waals surface area contributed by atoms with Crippen molar-refractivity contribution >= 4 is 11.3 Å². The Morgan fingerprint density at radius 3 is 2.73 bits per heavy atom. The number of rotatable bonds is 2. The summed E-state index contributed by atoms with van der Waals surface area (Å²) in [7, 11) is 0. The molecule has 0 saturated carbocycles. The fourth-order valence-corrected chi connectivity index (χ4v) is 2.60. The molecule has 2 rings (SSSR count). The lowest BCUT2D eigenvalue weighted by molar-refractivity contribution is 0.219. The van der Waals surface area contributed by atoms with Crippen LogP contribution in [0.5, 0.6) is 0 Å². The minimum atomic E-state index is -0.552. The van der Waals surface area contributed by atoms with Crippen LogP contribution in [0.15, 0.2) is 30.6 Å². The van der Waals surface area contributed by atoms with E-state index in [-0.39, 0.29) is 0 Å². The first-order valence-corrected chi connectivity index (χ1v) is 5.65. The predicted octanol–water partition coefficient (Wildman–Crippen LogP) is 2.84. The summed E-state index contributed by atoms with van der Waals surface area (Å²) in [4.78, 5) is 6.41. The zero-order valence-electron chi connectivity index (χ0n) is 8.77. The minimum absolute atomic E-state index is 0.552. The highest BCUT2D eigenvalue weighted by Crippen LogP contribution is 2.29. The maximum Gasteiger partial charge on any atom is 0.107 e. The number of hydrogen-bond donors (Lipinski definition) is 1. The van der Waals surface area contributed by atoms with E-state index < -0.39 is 6.10 Å². The standard InChI is InChI=1S/C12H13NOS/c1-8-6-11(9(2)15-8)12(14)10-4-3-5-13-7-10/h3-7,12,14H,1-2H3. The largest absolute Gasteiger partial charge is 0.384 e. The molecule has 0 fully saturated rings. The number of aliphatic hydroxyl groups is 1. The summed E-state index contributed by atoms with van der Waals surface area (Å²) < 4.78 is 0. The van der Waals surface area contributed by atoms with Crippen LogP contribution in [0.2, 0.25) is 0 Å². The van der Waals surface area contributed by atoms with Crippen molar-refractivity contribution in [2.24, 2.45) is 0 Å². The van der Waals surface area contributed by atoms with Gasteiger partial charge in [-0.3, -0.25) is 4.98 Å². The Hall–Kier alpha value is -1.19. The second-order valence-corrected chi connectivity index (χ2v) is 5.02. The van der Waals surface area contributed by atoms with Crippen molar-refractivity contribution in [1.82, 2.24) is 4.98 Å². The lowest BCUT2D eigenvalue weighted by atomic mass is 10.0. The first-order chi connectivity index (χ1) is 7.18. The summed E-state index contributed by atoms with van der Waals surface area (Å²) in [6.45, 7) is 4.09. The first-order valence-electron chi connectivity index (χ1n) is 4.83. The van der Waals surface area contributed by atoms with Gasteiger partial charge in [-0.05, 0) is 31.5 Å². The van der Waals surface area contributed by atoms with E-state index in [2.05, 4.69) is 11.9 Å². The van der Waals surface area contributed by atoms with Crippen molar-refractivity contribution < 1.29 is 5.11 Å². The SMILES string of the molecule is Cc1cc(C(O)c2cccnc2)c(C)s1. The number of pyridine rings is 1. The van der Waals surface area contributed by atoms with Crippen molar-refractivity contribution in [1.29, 1.82) is 0 Å². The zero-order valence-corrected chi connectivity index (χ0v) is 9.58. The smallest absolute Gasteiger partial charge is 0.107 e. The van der Waals surface area contributed by atoms with Gasteiger partial charge in [0.1, 0.15) is 6.10 Å². The molecule has 2 aromatic heterocycles. The van der Waals surface area contributed by atoms with Gasteiger partial charge in [-0.25, -0.2) is 0 Å². The Morgan fingerprint density at radius 1 is 1.40 bits per heavy atom. The molecule has 0 aliphatic carbocycles. The maximum absolute atomic E-state index is 10.2. The molecule has 1 atom stereocenters. The average Bonchev–Trinajstić information content (AvgIpc) is 2.58. The van der Waals surface area contributed by atoms with Gasteiger partial charge >= 0.3 is 0 Å². The zero-order chi connectivity index (χ0) is 10.8. The van der Waals surface area contributed by atoms with Crippen molar-refractivity contribution in [2.45, 2.75) is 20.0 Å². The second kappa shape index (κ2) is 4.13. The summed E-state index contributed by atoms with van der Waals surface area (Å²) >= 11 is 1.71. The van der Waals surface area contributed by atoms with Gasteiger partial charge in [0, 0.05) is 27.7 Å². The molecule has 0 saturated heterocycles. The molecular formula is C12H13NOS. The third kappa shape index (κ3) is 2.08. The molecule has 2 nitrogen and oxygen atoms in total. The number of thiophene rings is 1. The molecule has 0 spiro atoms. The number of aromatic nitrogens is 1. The molecule has 0 aliphatic heterocycles. The van der Waals surface area contributed by atoms with Crippen LogP contribution in [-0.2, 0) is 0 Å². The highest BCUT2D eigenvalue weighted by Gasteiger charge is 2.14. The van der Waals surface area contributed by atoms with Crippen molar-refractivity contribution in [2.75, 3.05) is 0 Å². The molecule has 1 unspecified atom stereocenters. The van der Waals surface area contributed by atoms with Crippen LogP contribution in [-0.4, -0.2) is 10.1 Å². The Balaban J connectivity index is 2.36. The minimum Gasteiger partial charge on any atom is -0.384 e. The number of aliphatic hydroxyl groups excluding tert-OH is 1. The van der Waals surface area contributed by atoms with E-state index >= 15 is 0 Å². The first kappa shape index (κ1) is 10.3. The lowest BCUT2D eigenvalue weighted by Gasteiger charge is -2.09. The van der Waals surface area contributed by atoms with Gasteiger partial charge < -0.3 is 5.11 Å². The monoisotopic (exact) mass is 219 g/mol. The van der Waals surface area contributed by atoms with E-state index in [1.54, 1.807) is 23.7 Å². The van der Waals surface area contributed by atoms with Gasteiger partial charge in [-0.1, -0.05) is 6.07 Å². The highest BCUT2D eigenvalue weighted by atomic mass is 32.1. The van der Waals surface area contributed by atoms with Gasteiger partial charge in [-0.15, -0.1) is 11.3 Å². The summed E-state index contributed by atoms with van der Waals surface area (Å²) in [6, 6.07) is 5.77. The fourth-order valence-electron chi connectivity index (χ4n) is 1.64. The van der Waals surface area contributed by atoms with Crippen LogP contribution >= 0.6 is 11.3 Å². The topological polar surface area (TPSA) is 33.1 Å². The number of aryl methyl sites for hydroxylation is 2. The van der Waals surface area contributed by atoms with Crippen LogP contribution < -0.4 is 0 Å². The quantitative estimate of drug-likeness (QED) is 0.842. The Bertz CT molecular complexity index is 450. The molecule has 0 radical (unpaired) electrons. The van der Waals surface area contributed by atoms with Crippen LogP contribution in [0, 0.1) is 13.8 Å². The Morgan fingerprint density at radius 2 is 2.20 bits per heavy atom. The van der Waals surface area contributed by atoms with E-state index in [4.69, 9.17) is 0 Å². The molecule has 0 aliphatic rings. The van der Waals surface area contributed by atoms with E-state index in [1.165, 1.54) is 9.75 Å². The van der Waals surface area contributed by atoms with Crippen LogP contribution in [0.1, 0.15) is 27.0 Å². The third-order valence-electron chi connectivity index (χ3n) is 2.37. The number of nitrogens with zero attached hydrogens (tertiary/aromatic N) is 1. The molecule has 78 valence electrons. The van der Waals surface area contributed by atoms with Crippen LogP contribution in [0.25, 0.3) is 0 Å². The van der Waals surface area contributed by atoms with Gasteiger partial charge in [0.25, 0.3) is 0 Å². The van der Waals surface area contributed by atoms with Crippen molar-refractivity contribution in [3.63, 3.8) is 0 Å². The second-order valence-electron chi connectivity index (χ2n) is 3.56.